The summed E-state index contributed by atoms with van der Waals surface area (Å²) in [6.07, 6.45) is 1.66. The molecule has 0 aromatic heterocycles. The average Bonchev–Trinajstić information content (AvgIpc) is 2.39. The maximum atomic E-state index is 11.7. The van der Waals surface area contributed by atoms with E-state index in [1.165, 1.54) is 0 Å². The van der Waals surface area contributed by atoms with E-state index in [-0.39, 0.29) is 20.9 Å². The van der Waals surface area contributed by atoms with Crippen LogP contribution in [0, 0.1) is 0 Å². The van der Waals surface area contributed by atoms with Gasteiger partial charge in [-0.2, -0.15) is 4.48 Å². The average molecular weight is 210 g/mol. The van der Waals surface area contributed by atoms with Gasteiger partial charge in [-0.25, -0.2) is 14.6 Å². The van der Waals surface area contributed by atoms with E-state index in [2.05, 4.69) is 10.3 Å². The Balaban J connectivity index is 2.65. The van der Waals surface area contributed by atoms with Gasteiger partial charge in [-0.3, -0.25) is 4.79 Å². The number of quaternary nitrogens is 2. The Morgan fingerprint density at radius 1 is 1.20 bits per heavy atom. The largest absolute Gasteiger partial charge is 0.429 e. The quantitative estimate of drug-likeness (QED) is 0.553. The van der Waals surface area contributed by atoms with Crippen molar-refractivity contribution in [1.82, 2.24) is 5.32 Å². The number of urea groups is 1. The summed E-state index contributed by atoms with van der Waals surface area (Å²) in [5.74, 6) is 0.170. The summed E-state index contributed by atoms with van der Waals surface area (Å²) in [5.41, 5.74) is 0.527. The predicted octanol–water partition coefficient (Wildman–Crippen LogP) is -0.400. The highest BCUT2D eigenvalue weighted by Gasteiger charge is 2.52. The third-order valence-electron chi connectivity index (χ3n) is 2.73. The topological polar surface area (TPSA) is 58.5 Å². The van der Waals surface area contributed by atoms with Crippen molar-refractivity contribution in [1.29, 1.82) is 0 Å². The zero-order valence-corrected chi connectivity index (χ0v) is 9.24. The predicted molar refractivity (Wildman–Crippen MR) is 53.3 cm³/mol. The second kappa shape index (κ2) is 2.53. The first kappa shape index (κ1) is 10.0. The molecule has 0 saturated heterocycles. The van der Waals surface area contributed by atoms with E-state index in [1.807, 2.05) is 14.1 Å². The van der Waals surface area contributed by atoms with E-state index >= 15 is 0 Å². The number of hydrogen-bond donors (Lipinski definition) is 1. The molecule has 80 valence electrons. The minimum Gasteiger partial charge on any atom is -0.262 e. The van der Waals surface area contributed by atoms with Crippen LogP contribution in [0.2, 0.25) is 0 Å². The van der Waals surface area contributed by atoms with Gasteiger partial charge in [0, 0.05) is 0 Å². The number of rotatable bonds is 0. The highest BCUT2D eigenvalue weighted by Crippen LogP contribution is 2.30. The smallest absolute Gasteiger partial charge is 0.262 e. The molecule has 0 radical (unpaired) electrons. The molecule has 2 aliphatic rings. The molecule has 0 atom stereocenters. The van der Waals surface area contributed by atoms with Crippen molar-refractivity contribution in [3.8, 4) is 0 Å². The zero-order chi connectivity index (χ0) is 11.4. The summed E-state index contributed by atoms with van der Waals surface area (Å²) in [7, 11) is 7.11. The summed E-state index contributed by atoms with van der Waals surface area (Å²) in [6, 6.07) is -0.349. The molecular weight excluding hydrogens is 196 g/mol. The van der Waals surface area contributed by atoms with Crippen LogP contribution in [0.4, 0.5) is 4.79 Å². The van der Waals surface area contributed by atoms with E-state index in [0.29, 0.717) is 11.5 Å². The van der Waals surface area contributed by atoms with Gasteiger partial charge in [0.05, 0.1) is 28.2 Å². The first-order valence-electron chi connectivity index (χ1n) is 4.61. The van der Waals surface area contributed by atoms with Gasteiger partial charge in [0.1, 0.15) is 0 Å². The summed E-state index contributed by atoms with van der Waals surface area (Å²) < 4.78 is 0.232. The monoisotopic (exact) mass is 210 g/mol. The summed E-state index contributed by atoms with van der Waals surface area (Å²) in [5, 5.41) is 2.34. The summed E-state index contributed by atoms with van der Waals surface area (Å²) in [6.45, 7) is 0. The molecule has 0 fully saturated rings. The van der Waals surface area contributed by atoms with Gasteiger partial charge in [0.2, 0.25) is 6.34 Å². The van der Waals surface area contributed by atoms with Crippen LogP contribution in [-0.4, -0.2) is 55.4 Å². The van der Waals surface area contributed by atoms with Crippen LogP contribution in [0.1, 0.15) is 0 Å². The van der Waals surface area contributed by atoms with E-state index < -0.39 is 0 Å². The minimum absolute atomic E-state index is 0.0424. The number of hydrogen-bond acceptors (Lipinski definition) is 3. The lowest BCUT2D eigenvalue weighted by Gasteiger charge is -2.30. The lowest BCUT2D eigenvalue weighted by atomic mass is 10.2. The second-order valence-electron chi connectivity index (χ2n) is 4.67. The SMILES string of the molecule is C[N+]1(C)C=NC2=C1C(=O)NC(=O)[N+]2(C)C. The number of imide groups is 1. The summed E-state index contributed by atoms with van der Waals surface area (Å²) >= 11 is 0. The highest BCUT2D eigenvalue weighted by molar-refractivity contribution is 6.04. The fraction of sp³-hybridized carbons (Fsp3) is 0.444. The summed E-state index contributed by atoms with van der Waals surface area (Å²) in [4.78, 5) is 27.5. The molecule has 3 amide bonds. The number of carbonyl (C=O) groups is 2. The fourth-order valence-corrected chi connectivity index (χ4v) is 1.74. The molecule has 2 heterocycles. The van der Waals surface area contributed by atoms with Crippen molar-refractivity contribution in [2.24, 2.45) is 4.99 Å². The number of nitrogens with zero attached hydrogens (tertiary/aromatic N) is 3. The molecule has 6 nitrogen and oxygen atoms in total. The molecule has 2 aliphatic heterocycles. The minimum atomic E-state index is -0.352. The van der Waals surface area contributed by atoms with Crippen LogP contribution in [0.3, 0.4) is 0 Å². The van der Waals surface area contributed by atoms with Gasteiger partial charge >= 0.3 is 17.8 Å². The van der Waals surface area contributed by atoms with Gasteiger partial charge in [0.15, 0.2) is 0 Å². The van der Waals surface area contributed by atoms with Crippen molar-refractivity contribution in [3.05, 3.63) is 11.5 Å². The number of aliphatic imine (C=N–C) groups is 1. The van der Waals surface area contributed by atoms with Gasteiger partial charge in [-0.1, -0.05) is 0 Å². The molecule has 0 bridgehead atoms. The number of carbonyl (C=O) groups excluding carboxylic acids is 2. The number of amides is 3. The Kier molecular flexibility index (Phi) is 1.69. The molecule has 0 aliphatic carbocycles. The van der Waals surface area contributed by atoms with E-state index in [0.717, 1.165) is 0 Å². The lowest BCUT2D eigenvalue weighted by Crippen LogP contribution is -2.59. The van der Waals surface area contributed by atoms with Crippen LogP contribution in [-0.2, 0) is 4.79 Å². The normalized spacial score (nSPS) is 26.7. The zero-order valence-electron chi connectivity index (χ0n) is 9.24. The Hall–Kier alpha value is -1.53. The van der Waals surface area contributed by atoms with E-state index in [9.17, 15) is 9.59 Å². The maximum Gasteiger partial charge on any atom is 0.429 e. The van der Waals surface area contributed by atoms with Crippen LogP contribution in [0.5, 0.6) is 0 Å². The third-order valence-corrected chi connectivity index (χ3v) is 2.73. The number of nitrogens with one attached hydrogen (secondary N) is 1. The first-order chi connectivity index (χ1) is 6.77. The second-order valence-corrected chi connectivity index (χ2v) is 4.67. The number of likely N-dealkylation sites (N-methyl/N-ethyl adjacent to an activating group) is 1. The van der Waals surface area contributed by atoms with Crippen molar-refractivity contribution in [2.75, 3.05) is 28.2 Å². The Labute approximate surface area is 87.7 Å². The Morgan fingerprint density at radius 3 is 2.40 bits per heavy atom. The standard InChI is InChI=1S/C9H13N4O2/c1-12(2)5-10-7-6(12)8(14)11-9(15)13(7,3)4/h5H,1-4H3/q+1/p+1. The van der Waals surface area contributed by atoms with Crippen LogP contribution < -0.4 is 5.32 Å². The van der Waals surface area contributed by atoms with Crippen LogP contribution in [0.25, 0.3) is 0 Å². The van der Waals surface area contributed by atoms with Gasteiger partial charge in [-0.05, 0) is 0 Å². The molecular formula is C9H14N4O2+2. The molecule has 0 aromatic carbocycles. The Bertz CT molecular complexity index is 431. The van der Waals surface area contributed by atoms with Crippen LogP contribution >= 0.6 is 0 Å². The molecule has 0 spiro atoms. The van der Waals surface area contributed by atoms with Crippen LogP contribution in [0.15, 0.2) is 16.5 Å². The Morgan fingerprint density at radius 2 is 1.80 bits per heavy atom. The van der Waals surface area contributed by atoms with Crippen molar-refractivity contribution in [2.45, 2.75) is 0 Å². The van der Waals surface area contributed by atoms with Crippen molar-refractivity contribution in [3.63, 3.8) is 0 Å². The molecule has 0 unspecified atom stereocenters. The van der Waals surface area contributed by atoms with Crippen molar-refractivity contribution >= 4 is 18.3 Å². The van der Waals surface area contributed by atoms with E-state index in [1.54, 1.807) is 20.4 Å². The third kappa shape index (κ3) is 1.15. The maximum absolute atomic E-state index is 11.7. The molecule has 6 heteroatoms. The van der Waals surface area contributed by atoms with Crippen molar-refractivity contribution < 1.29 is 18.6 Å². The van der Waals surface area contributed by atoms with Gasteiger partial charge in [0.25, 0.3) is 5.70 Å². The van der Waals surface area contributed by atoms with Gasteiger partial charge < -0.3 is 0 Å². The molecule has 0 saturated carbocycles. The van der Waals surface area contributed by atoms with E-state index in [4.69, 9.17) is 0 Å². The fourth-order valence-electron chi connectivity index (χ4n) is 1.74. The molecule has 1 N–H and O–H groups in total. The molecule has 15 heavy (non-hydrogen) atoms. The van der Waals surface area contributed by atoms with Gasteiger partial charge in [-0.15, -0.1) is 4.99 Å². The first-order valence-corrected chi connectivity index (χ1v) is 4.61. The lowest BCUT2D eigenvalue weighted by molar-refractivity contribution is -0.788. The molecule has 2 rings (SSSR count). The highest BCUT2D eigenvalue weighted by atomic mass is 16.2. The molecule has 0 aromatic rings.